The van der Waals surface area contributed by atoms with E-state index in [0.717, 1.165) is 5.06 Å². The van der Waals surface area contributed by atoms with E-state index in [9.17, 15) is 4.79 Å². The molecule has 0 spiro atoms. The van der Waals surface area contributed by atoms with Gasteiger partial charge in [-0.1, -0.05) is 11.6 Å². The van der Waals surface area contributed by atoms with E-state index in [2.05, 4.69) is 9.97 Å². The maximum Gasteiger partial charge on any atom is 0.277 e. The van der Waals surface area contributed by atoms with Crippen molar-refractivity contribution in [2.24, 2.45) is 0 Å². The number of hydrogen-bond donors (Lipinski definition) is 0. The zero-order valence-electron chi connectivity index (χ0n) is 14.7. The van der Waals surface area contributed by atoms with Gasteiger partial charge in [0, 0.05) is 13.2 Å². The molecular weight excluding hydrogens is 364 g/mol. The first-order valence-electron chi connectivity index (χ1n) is 8.12. The van der Waals surface area contributed by atoms with Crippen molar-refractivity contribution in [1.82, 2.24) is 19.6 Å². The summed E-state index contributed by atoms with van der Waals surface area (Å²) in [4.78, 5) is 25.9. The minimum atomic E-state index is -0.869. The van der Waals surface area contributed by atoms with Crippen LogP contribution in [0.3, 0.4) is 0 Å². The third kappa shape index (κ3) is 2.67. The average Bonchev–Trinajstić information content (AvgIpc) is 3.24. The van der Waals surface area contributed by atoms with Crippen LogP contribution in [-0.4, -0.2) is 63.8 Å². The molecule has 1 amide bonds. The predicted octanol–water partition coefficient (Wildman–Crippen LogP) is 1.52. The second kappa shape index (κ2) is 6.14. The molecule has 2 aliphatic rings. The Labute approximate surface area is 154 Å². The molecule has 0 aromatic carbocycles. The fourth-order valence-electron chi connectivity index (χ4n) is 3.41. The van der Waals surface area contributed by atoms with E-state index in [0.29, 0.717) is 16.2 Å². The lowest BCUT2D eigenvalue weighted by molar-refractivity contribution is -0.211. The van der Waals surface area contributed by atoms with Crippen LogP contribution in [0.2, 0.25) is 5.15 Å². The molecule has 26 heavy (non-hydrogen) atoms. The van der Waals surface area contributed by atoms with Crippen LogP contribution in [0, 0.1) is 0 Å². The molecule has 4 atom stereocenters. The SMILES string of the molecule is CON(C)C(=O)[C@H]1OC(n2ccc3c(Cl)ncnc32)[C@@H]2OC(C)(C)O[C@H]12. The number of fused-ring (bicyclic) bond motifs is 2. The Morgan fingerprint density at radius 1 is 1.35 bits per heavy atom. The van der Waals surface area contributed by atoms with Gasteiger partial charge in [0.25, 0.3) is 5.91 Å². The van der Waals surface area contributed by atoms with Crippen LogP contribution in [-0.2, 0) is 23.8 Å². The van der Waals surface area contributed by atoms with Gasteiger partial charge in [-0.3, -0.25) is 9.63 Å². The second-order valence-electron chi connectivity index (χ2n) is 6.66. The molecular formula is C16H19ClN4O5. The third-order valence-electron chi connectivity index (χ3n) is 4.59. The minimum absolute atomic E-state index is 0.346. The Hall–Kier alpha value is -1.78. The lowest BCUT2D eigenvalue weighted by Gasteiger charge is -2.26. The predicted molar refractivity (Wildman–Crippen MR) is 90.1 cm³/mol. The molecule has 4 heterocycles. The van der Waals surface area contributed by atoms with Gasteiger partial charge in [-0.05, 0) is 19.9 Å². The topological polar surface area (TPSA) is 87.9 Å². The number of carbonyl (C=O) groups excluding carboxylic acids is 1. The first-order chi connectivity index (χ1) is 12.3. The Kier molecular flexibility index (Phi) is 4.16. The monoisotopic (exact) mass is 382 g/mol. The van der Waals surface area contributed by atoms with Crippen molar-refractivity contribution in [1.29, 1.82) is 0 Å². The quantitative estimate of drug-likeness (QED) is 0.587. The number of halogens is 1. The van der Waals surface area contributed by atoms with Crippen LogP contribution in [0.4, 0.5) is 0 Å². The van der Waals surface area contributed by atoms with Crippen molar-refractivity contribution < 1.29 is 23.8 Å². The average molecular weight is 383 g/mol. The van der Waals surface area contributed by atoms with Crippen molar-refractivity contribution in [2.45, 2.75) is 44.2 Å². The van der Waals surface area contributed by atoms with E-state index in [1.54, 1.807) is 30.7 Å². The summed E-state index contributed by atoms with van der Waals surface area (Å²) >= 11 is 6.13. The highest BCUT2D eigenvalue weighted by Crippen LogP contribution is 2.44. The first kappa shape index (κ1) is 17.6. The van der Waals surface area contributed by atoms with Crippen molar-refractivity contribution in [3.8, 4) is 0 Å². The number of rotatable bonds is 3. The molecule has 2 aromatic rings. The van der Waals surface area contributed by atoms with Crippen molar-refractivity contribution >= 4 is 28.5 Å². The number of carbonyl (C=O) groups is 1. The van der Waals surface area contributed by atoms with Crippen molar-refractivity contribution in [2.75, 3.05) is 14.2 Å². The van der Waals surface area contributed by atoms with Crippen LogP contribution < -0.4 is 0 Å². The van der Waals surface area contributed by atoms with Gasteiger partial charge >= 0.3 is 0 Å². The fourth-order valence-corrected chi connectivity index (χ4v) is 3.61. The maximum atomic E-state index is 12.6. The number of likely N-dealkylation sites (N-methyl/N-ethyl adjacent to an activating group) is 1. The number of ether oxygens (including phenoxy) is 3. The summed E-state index contributed by atoms with van der Waals surface area (Å²) in [6.45, 7) is 3.60. The van der Waals surface area contributed by atoms with Gasteiger partial charge in [-0.2, -0.15) is 0 Å². The molecule has 140 valence electrons. The standard InChI is InChI=1S/C16H19ClN4O5/c1-16(2)25-9-10(14(22)20(3)23-4)24-15(11(9)26-16)21-6-5-8-12(17)18-7-19-13(8)21/h5-7,9-11,15H,1-4H3/t9-,10+,11-,15?/m1/s1. The van der Waals surface area contributed by atoms with Crippen LogP contribution in [0.15, 0.2) is 18.6 Å². The number of hydrogen-bond acceptors (Lipinski definition) is 7. The fraction of sp³-hybridized carbons (Fsp3) is 0.562. The molecule has 0 radical (unpaired) electrons. The molecule has 10 heteroatoms. The Morgan fingerprint density at radius 2 is 2.08 bits per heavy atom. The van der Waals surface area contributed by atoms with Crippen molar-refractivity contribution in [3.63, 3.8) is 0 Å². The van der Waals surface area contributed by atoms with Gasteiger partial charge in [0.2, 0.25) is 0 Å². The molecule has 0 bridgehead atoms. The molecule has 0 aliphatic carbocycles. The number of hydroxylamine groups is 2. The molecule has 2 fully saturated rings. The second-order valence-corrected chi connectivity index (χ2v) is 7.01. The summed E-state index contributed by atoms with van der Waals surface area (Å²) in [5, 5.41) is 2.15. The zero-order chi connectivity index (χ0) is 18.6. The zero-order valence-corrected chi connectivity index (χ0v) is 15.5. The minimum Gasteiger partial charge on any atom is -0.341 e. The molecule has 2 saturated heterocycles. The van der Waals surface area contributed by atoms with E-state index in [4.69, 9.17) is 30.6 Å². The Balaban J connectivity index is 1.74. The Morgan fingerprint density at radius 3 is 2.81 bits per heavy atom. The summed E-state index contributed by atoms with van der Waals surface area (Å²) in [6.07, 6.45) is 0.624. The number of aromatic nitrogens is 3. The lowest BCUT2D eigenvalue weighted by atomic mass is 10.1. The van der Waals surface area contributed by atoms with Gasteiger partial charge in [-0.25, -0.2) is 15.0 Å². The van der Waals surface area contributed by atoms with Gasteiger partial charge in [0.05, 0.1) is 12.5 Å². The molecule has 9 nitrogen and oxygen atoms in total. The number of amides is 1. The summed E-state index contributed by atoms with van der Waals surface area (Å²) in [6, 6.07) is 1.80. The van der Waals surface area contributed by atoms with Crippen LogP contribution in [0.1, 0.15) is 20.1 Å². The molecule has 4 rings (SSSR count). The normalized spacial score (nSPS) is 29.9. The largest absolute Gasteiger partial charge is 0.341 e. The molecule has 2 aliphatic heterocycles. The first-order valence-corrected chi connectivity index (χ1v) is 8.50. The molecule has 0 saturated carbocycles. The Bertz CT molecular complexity index is 856. The smallest absolute Gasteiger partial charge is 0.277 e. The lowest BCUT2D eigenvalue weighted by Crippen LogP contribution is -2.43. The highest BCUT2D eigenvalue weighted by Gasteiger charge is 2.58. The van der Waals surface area contributed by atoms with Gasteiger partial charge in [0.15, 0.2) is 18.1 Å². The van der Waals surface area contributed by atoms with E-state index in [-0.39, 0.29) is 5.91 Å². The summed E-state index contributed by atoms with van der Waals surface area (Å²) in [5.41, 5.74) is 0.593. The van der Waals surface area contributed by atoms with Gasteiger partial charge in [-0.15, -0.1) is 0 Å². The van der Waals surface area contributed by atoms with E-state index < -0.39 is 30.3 Å². The summed E-state index contributed by atoms with van der Waals surface area (Å²) < 4.78 is 19.8. The van der Waals surface area contributed by atoms with Crippen molar-refractivity contribution in [3.05, 3.63) is 23.7 Å². The summed E-state index contributed by atoms with van der Waals surface area (Å²) in [7, 11) is 2.93. The van der Waals surface area contributed by atoms with E-state index in [1.165, 1.54) is 20.5 Å². The molecule has 2 aromatic heterocycles. The van der Waals surface area contributed by atoms with Crippen LogP contribution in [0.25, 0.3) is 11.0 Å². The molecule has 0 N–H and O–H groups in total. The highest BCUT2D eigenvalue weighted by molar-refractivity contribution is 6.33. The maximum absolute atomic E-state index is 12.6. The van der Waals surface area contributed by atoms with E-state index >= 15 is 0 Å². The van der Waals surface area contributed by atoms with Crippen LogP contribution in [0.5, 0.6) is 0 Å². The summed E-state index contributed by atoms with van der Waals surface area (Å²) in [5.74, 6) is -1.19. The number of nitrogens with zero attached hydrogens (tertiary/aromatic N) is 4. The molecule has 1 unspecified atom stereocenters. The third-order valence-corrected chi connectivity index (χ3v) is 4.89. The van der Waals surface area contributed by atoms with Crippen LogP contribution >= 0.6 is 11.6 Å². The van der Waals surface area contributed by atoms with Gasteiger partial charge < -0.3 is 18.8 Å². The van der Waals surface area contributed by atoms with E-state index in [1.807, 2.05) is 0 Å². The van der Waals surface area contributed by atoms with Gasteiger partial charge in [0.1, 0.15) is 29.3 Å². The highest BCUT2D eigenvalue weighted by atomic mass is 35.5.